The van der Waals surface area contributed by atoms with Gasteiger partial charge in [-0.2, -0.15) is 0 Å². The van der Waals surface area contributed by atoms with Crippen LogP contribution in [0.5, 0.6) is 5.75 Å². The predicted molar refractivity (Wildman–Crippen MR) is 76.9 cm³/mol. The predicted octanol–water partition coefficient (Wildman–Crippen LogP) is 3.68. The highest BCUT2D eigenvalue weighted by Crippen LogP contribution is 2.28. The lowest BCUT2D eigenvalue weighted by molar-refractivity contribution is -0.384. The summed E-state index contributed by atoms with van der Waals surface area (Å²) in [4.78, 5) is 10.2. The van der Waals surface area contributed by atoms with Crippen LogP contribution in [0.1, 0.15) is 5.56 Å². The molecule has 5 heteroatoms. The van der Waals surface area contributed by atoms with Gasteiger partial charge in [0.2, 0.25) is 0 Å². The van der Waals surface area contributed by atoms with Crippen LogP contribution in [0.15, 0.2) is 48.5 Å². The second kappa shape index (κ2) is 6.60. The Hall–Kier alpha value is -2.51. The molecule has 0 saturated heterocycles. The maximum Gasteiger partial charge on any atom is 0.273 e. The highest BCUT2D eigenvalue weighted by molar-refractivity contribution is 6.32. The van der Waals surface area contributed by atoms with Gasteiger partial charge in [0, 0.05) is 11.6 Å². The van der Waals surface area contributed by atoms with E-state index in [-0.39, 0.29) is 18.0 Å². The van der Waals surface area contributed by atoms with Gasteiger partial charge in [-0.15, -0.1) is 0 Å². The van der Waals surface area contributed by atoms with Gasteiger partial charge in [0.1, 0.15) is 12.4 Å². The van der Waals surface area contributed by atoms with Crippen molar-refractivity contribution in [2.75, 3.05) is 6.61 Å². The first-order valence-electron chi connectivity index (χ1n) is 5.77. The first kappa shape index (κ1) is 13.9. The topological polar surface area (TPSA) is 52.4 Å². The quantitative estimate of drug-likeness (QED) is 0.491. The van der Waals surface area contributed by atoms with Gasteiger partial charge in [-0.3, -0.25) is 10.1 Å². The lowest BCUT2D eigenvalue weighted by Crippen LogP contribution is -1.96. The monoisotopic (exact) mass is 287 g/mol. The zero-order chi connectivity index (χ0) is 14.4. The van der Waals surface area contributed by atoms with E-state index >= 15 is 0 Å². The summed E-state index contributed by atoms with van der Waals surface area (Å²) in [5, 5.41) is 11.0. The van der Waals surface area contributed by atoms with Crippen molar-refractivity contribution in [1.82, 2.24) is 0 Å². The van der Waals surface area contributed by atoms with E-state index < -0.39 is 4.92 Å². The molecule has 0 saturated carbocycles. The number of rotatable bonds is 3. The number of hydrogen-bond acceptors (Lipinski definition) is 3. The van der Waals surface area contributed by atoms with E-state index in [1.807, 2.05) is 30.3 Å². The Morgan fingerprint density at radius 3 is 2.65 bits per heavy atom. The number of ether oxygens (including phenoxy) is 1. The molecule has 4 nitrogen and oxygen atoms in total. The highest BCUT2D eigenvalue weighted by atomic mass is 35.5. The van der Waals surface area contributed by atoms with E-state index in [0.717, 1.165) is 5.56 Å². The third-order valence-corrected chi connectivity index (χ3v) is 2.74. The number of nitrogens with zero attached hydrogens (tertiary/aromatic N) is 1. The van der Waals surface area contributed by atoms with Crippen LogP contribution in [-0.2, 0) is 0 Å². The van der Waals surface area contributed by atoms with E-state index in [9.17, 15) is 10.1 Å². The molecule has 0 heterocycles. The van der Waals surface area contributed by atoms with Gasteiger partial charge in [-0.1, -0.05) is 41.6 Å². The SMILES string of the molecule is O=[N+]([O-])c1ccc(Cl)c(OCC#Cc2ccccc2)c1. The molecule has 0 atom stereocenters. The maximum absolute atomic E-state index is 10.7. The summed E-state index contributed by atoms with van der Waals surface area (Å²) in [6, 6.07) is 13.5. The fourth-order valence-electron chi connectivity index (χ4n) is 1.49. The molecule has 0 aromatic heterocycles. The minimum Gasteiger partial charge on any atom is -0.479 e. The summed E-state index contributed by atoms with van der Waals surface area (Å²) in [7, 11) is 0. The average Bonchev–Trinajstić information content (AvgIpc) is 2.46. The van der Waals surface area contributed by atoms with E-state index in [2.05, 4.69) is 11.8 Å². The number of nitro groups is 1. The normalized spacial score (nSPS) is 9.45. The van der Waals surface area contributed by atoms with Crippen molar-refractivity contribution < 1.29 is 9.66 Å². The first-order valence-corrected chi connectivity index (χ1v) is 6.15. The fraction of sp³-hybridized carbons (Fsp3) is 0.0667. The lowest BCUT2D eigenvalue weighted by atomic mass is 10.2. The number of halogens is 1. The smallest absolute Gasteiger partial charge is 0.273 e. The molecule has 0 amide bonds. The number of benzene rings is 2. The van der Waals surface area contributed by atoms with Gasteiger partial charge < -0.3 is 4.74 Å². The van der Waals surface area contributed by atoms with Crippen LogP contribution in [-0.4, -0.2) is 11.5 Å². The third kappa shape index (κ3) is 3.74. The van der Waals surface area contributed by atoms with Crippen LogP contribution in [0, 0.1) is 22.0 Å². The molecular weight excluding hydrogens is 278 g/mol. The summed E-state index contributed by atoms with van der Waals surface area (Å²) < 4.78 is 5.34. The van der Waals surface area contributed by atoms with Crippen molar-refractivity contribution in [1.29, 1.82) is 0 Å². The highest BCUT2D eigenvalue weighted by Gasteiger charge is 2.10. The van der Waals surface area contributed by atoms with Gasteiger partial charge in [0.15, 0.2) is 0 Å². The van der Waals surface area contributed by atoms with Crippen LogP contribution in [0.25, 0.3) is 0 Å². The fourth-order valence-corrected chi connectivity index (χ4v) is 1.66. The molecule has 0 aliphatic rings. The summed E-state index contributed by atoms with van der Waals surface area (Å²) in [5.41, 5.74) is 0.807. The number of hydrogen-bond donors (Lipinski definition) is 0. The molecule has 0 spiro atoms. The van der Waals surface area contributed by atoms with Crippen LogP contribution >= 0.6 is 11.6 Å². The lowest BCUT2D eigenvalue weighted by Gasteiger charge is -2.03. The van der Waals surface area contributed by atoms with Crippen LogP contribution in [0.3, 0.4) is 0 Å². The number of nitro benzene ring substituents is 1. The molecule has 0 radical (unpaired) electrons. The summed E-state index contributed by atoms with van der Waals surface area (Å²) >= 11 is 5.90. The molecule has 20 heavy (non-hydrogen) atoms. The molecule has 0 bridgehead atoms. The molecule has 0 N–H and O–H groups in total. The van der Waals surface area contributed by atoms with Crippen LogP contribution in [0.4, 0.5) is 5.69 Å². The second-order valence-electron chi connectivity index (χ2n) is 3.83. The maximum atomic E-state index is 10.7. The molecule has 100 valence electrons. The van der Waals surface area contributed by atoms with Crippen LogP contribution in [0.2, 0.25) is 5.02 Å². The average molecular weight is 288 g/mol. The van der Waals surface area contributed by atoms with E-state index in [4.69, 9.17) is 16.3 Å². The van der Waals surface area contributed by atoms with Crippen molar-refractivity contribution in [2.45, 2.75) is 0 Å². The second-order valence-corrected chi connectivity index (χ2v) is 4.24. The largest absolute Gasteiger partial charge is 0.479 e. The number of non-ortho nitro benzene ring substituents is 1. The Balaban J connectivity index is 2.03. The van der Waals surface area contributed by atoms with Crippen molar-refractivity contribution in [3.63, 3.8) is 0 Å². The molecule has 2 aromatic rings. The molecule has 0 aliphatic heterocycles. The van der Waals surface area contributed by atoms with Gasteiger partial charge in [-0.25, -0.2) is 0 Å². The van der Waals surface area contributed by atoms with E-state index in [0.29, 0.717) is 5.02 Å². The first-order chi connectivity index (χ1) is 9.66. The summed E-state index contributed by atoms with van der Waals surface area (Å²) in [6.07, 6.45) is 0. The Bertz CT molecular complexity index is 675. The minimum absolute atomic E-state index is 0.0691. The summed E-state index contributed by atoms with van der Waals surface area (Å²) in [5.74, 6) is 6.00. The minimum atomic E-state index is -0.501. The standard InChI is InChI=1S/C15H10ClNO3/c16-14-9-8-13(17(18)19)11-15(14)20-10-4-7-12-5-2-1-3-6-12/h1-3,5-6,8-9,11H,10H2. The molecule has 2 rings (SSSR count). The Morgan fingerprint density at radius 1 is 1.20 bits per heavy atom. The molecule has 0 unspecified atom stereocenters. The van der Waals surface area contributed by atoms with Crippen LogP contribution < -0.4 is 4.74 Å². The van der Waals surface area contributed by atoms with E-state index in [1.165, 1.54) is 18.2 Å². The third-order valence-electron chi connectivity index (χ3n) is 2.43. The van der Waals surface area contributed by atoms with Gasteiger partial charge >= 0.3 is 0 Å². The Kier molecular flexibility index (Phi) is 4.59. The van der Waals surface area contributed by atoms with Crippen molar-refractivity contribution in [2.24, 2.45) is 0 Å². The molecular formula is C15H10ClNO3. The van der Waals surface area contributed by atoms with Gasteiger partial charge in [-0.05, 0) is 18.2 Å². The van der Waals surface area contributed by atoms with E-state index in [1.54, 1.807) is 0 Å². The zero-order valence-electron chi connectivity index (χ0n) is 10.4. The Morgan fingerprint density at radius 2 is 1.95 bits per heavy atom. The molecule has 0 fully saturated rings. The van der Waals surface area contributed by atoms with Gasteiger partial charge in [0.25, 0.3) is 5.69 Å². The molecule has 2 aromatic carbocycles. The van der Waals surface area contributed by atoms with Crippen molar-refractivity contribution in [3.8, 4) is 17.6 Å². The van der Waals surface area contributed by atoms with Gasteiger partial charge in [0.05, 0.1) is 16.0 Å². The Labute approximate surface area is 121 Å². The van der Waals surface area contributed by atoms with Crippen molar-refractivity contribution in [3.05, 3.63) is 69.2 Å². The summed E-state index contributed by atoms with van der Waals surface area (Å²) in [6.45, 7) is 0.107. The van der Waals surface area contributed by atoms with Crippen molar-refractivity contribution >= 4 is 17.3 Å². The zero-order valence-corrected chi connectivity index (χ0v) is 11.1. The molecule has 0 aliphatic carbocycles.